The number of alkyl halides is 3. The quantitative estimate of drug-likeness (QED) is 0.868. The number of aryl methyl sites for hydroxylation is 2. The monoisotopic (exact) mass is 336 g/mol. The second-order valence-corrected chi connectivity index (χ2v) is 5.78. The topological polar surface area (TPSA) is 55.1 Å². The fourth-order valence-corrected chi connectivity index (χ4v) is 2.56. The van der Waals surface area contributed by atoms with Crippen LogP contribution in [0.5, 0.6) is 0 Å². The third-order valence-electron chi connectivity index (χ3n) is 3.82. The van der Waals surface area contributed by atoms with Crippen LogP contribution in [-0.2, 0) is 23.9 Å². The maximum atomic E-state index is 12.5. The predicted octanol–water partition coefficient (Wildman–Crippen LogP) is 3.96. The third kappa shape index (κ3) is 4.50. The summed E-state index contributed by atoms with van der Waals surface area (Å²) in [6.07, 6.45) is -4.13. The Labute approximate surface area is 138 Å². The third-order valence-corrected chi connectivity index (χ3v) is 3.82. The molecule has 24 heavy (non-hydrogen) atoms. The largest absolute Gasteiger partial charge is 0.416 e. The SMILES string of the molecule is Cc1cc(NCc2ccc(C(F)(F)F)cc2)cc(C)c1CC(N)=O. The summed E-state index contributed by atoms with van der Waals surface area (Å²) in [4.78, 5) is 11.1. The minimum Gasteiger partial charge on any atom is -0.381 e. The van der Waals surface area contributed by atoms with E-state index in [1.54, 1.807) is 0 Å². The van der Waals surface area contributed by atoms with Crippen LogP contribution in [0.1, 0.15) is 27.8 Å². The maximum absolute atomic E-state index is 12.5. The summed E-state index contributed by atoms with van der Waals surface area (Å²) in [6, 6.07) is 8.85. The van der Waals surface area contributed by atoms with Crippen molar-refractivity contribution in [2.45, 2.75) is 33.0 Å². The van der Waals surface area contributed by atoms with Gasteiger partial charge in [0.1, 0.15) is 0 Å². The smallest absolute Gasteiger partial charge is 0.381 e. The molecule has 128 valence electrons. The van der Waals surface area contributed by atoms with Crippen LogP contribution in [-0.4, -0.2) is 5.91 Å². The Morgan fingerprint density at radius 3 is 2.08 bits per heavy atom. The highest BCUT2D eigenvalue weighted by molar-refractivity contribution is 5.77. The highest BCUT2D eigenvalue weighted by Crippen LogP contribution is 2.29. The first-order valence-electron chi connectivity index (χ1n) is 7.45. The van der Waals surface area contributed by atoms with Gasteiger partial charge in [0, 0.05) is 12.2 Å². The Kier molecular flexibility index (Phi) is 5.17. The molecule has 0 atom stereocenters. The van der Waals surface area contributed by atoms with Gasteiger partial charge in [-0.1, -0.05) is 12.1 Å². The van der Waals surface area contributed by atoms with Crippen molar-refractivity contribution in [2.75, 3.05) is 5.32 Å². The number of rotatable bonds is 5. The molecule has 0 aliphatic carbocycles. The standard InChI is InChI=1S/C18H19F3N2O/c1-11-7-15(8-12(2)16(11)9-17(22)24)23-10-13-3-5-14(6-4-13)18(19,20)21/h3-8,23H,9-10H2,1-2H3,(H2,22,24). The first-order chi connectivity index (χ1) is 11.2. The molecule has 2 aromatic carbocycles. The first-order valence-corrected chi connectivity index (χ1v) is 7.45. The summed E-state index contributed by atoms with van der Waals surface area (Å²) in [7, 11) is 0. The normalized spacial score (nSPS) is 11.4. The second kappa shape index (κ2) is 6.95. The number of hydrogen-bond acceptors (Lipinski definition) is 2. The molecule has 0 aromatic heterocycles. The Hall–Kier alpha value is -2.50. The van der Waals surface area contributed by atoms with Crippen LogP contribution in [0.3, 0.4) is 0 Å². The van der Waals surface area contributed by atoms with Gasteiger partial charge in [-0.15, -0.1) is 0 Å². The molecule has 3 N–H and O–H groups in total. The molecular weight excluding hydrogens is 317 g/mol. The van der Waals surface area contributed by atoms with Crippen molar-refractivity contribution in [1.82, 2.24) is 0 Å². The molecule has 0 saturated carbocycles. The number of nitrogens with two attached hydrogens (primary N) is 1. The van der Waals surface area contributed by atoms with Crippen molar-refractivity contribution in [3.63, 3.8) is 0 Å². The maximum Gasteiger partial charge on any atom is 0.416 e. The Morgan fingerprint density at radius 1 is 1.08 bits per heavy atom. The number of carbonyl (C=O) groups excluding carboxylic acids is 1. The van der Waals surface area contributed by atoms with E-state index in [0.29, 0.717) is 6.54 Å². The number of anilines is 1. The van der Waals surface area contributed by atoms with E-state index in [1.165, 1.54) is 12.1 Å². The number of amides is 1. The van der Waals surface area contributed by atoms with Crippen LogP contribution >= 0.6 is 0 Å². The molecule has 6 heteroatoms. The van der Waals surface area contributed by atoms with Crippen molar-refractivity contribution in [1.29, 1.82) is 0 Å². The number of halogens is 3. The summed E-state index contributed by atoms with van der Waals surface area (Å²) in [5.41, 5.74) is 8.98. The molecule has 0 saturated heterocycles. The summed E-state index contributed by atoms with van der Waals surface area (Å²) < 4.78 is 37.6. The minimum absolute atomic E-state index is 0.191. The van der Waals surface area contributed by atoms with E-state index in [-0.39, 0.29) is 12.3 Å². The van der Waals surface area contributed by atoms with Gasteiger partial charge >= 0.3 is 6.18 Å². The lowest BCUT2D eigenvalue weighted by Crippen LogP contribution is -2.15. The van der Waals surface area contributed by atoms with Crippen molar-refractivity contribution in [3.8, 4) is 0 Å². The van der Waals surface area contributed by atoms with Crippen molar-refractivity contribution in [2.24, 2.45) is 5.73 Å². The lowest BCUT2D eigenvalue weighted by Gasteiger charge is -2.14. The van der Waals surface area contributed by atoms with E-state index < -0.39 is 11.7 Å². The summed E-state index contributed by atoms with van der Waals surface area (Å²) in [6.45, 7) is 4.20. The van der Waals surface area contributed by atoms with Crippen molar-refractivity contribution < 1.29 is 18.0 Å². The number of benzene rings is 2. The van der Waals surface area contributed by atoms with Crippen LogP contribution in [0.4, 0.5) is 18.9 Å². The van der Waals surface area contributed by atoms with E-state index in [4.69, 9.17) is 5.73 Å². The van der Waals surface area contributed by atoms with Gasteiger partial charge < -0.3 is 11.1 Å². The van der Waals surface area contributed by atoms with Gasteiger partial charge in [-0.25, -0.2) is 0 Å². The van der Waals surface area contributed by atoms with Crippen molar-refractivity contribution in [3.05, 3.63) is 64.2 Å². The van der Waals surface area contributed by atoms with Crippen molar-refractivity contribution >= 4 is 11.6 Å². The molecule has 0 spiro atoms. The van der Waals surface area contributed by atoms with E-state index in [1.807, 2.05) is 26.0 Å². The zero-order chi connectivity index (χ0) is 17.9. The minimum atomic E-state index is -4.32. The Bertz CT molecular complexity index is 714. The van der Waals surface area contributed by atoms with E-state index in [0.717, 1.165) is 40.1 Å². The predicted molar refractivity (Wildman–Crippen MR) is 87.6 cm³/mol. The number of nitrogens with one attached hydrogen (secondary N) is 1. The van der Waals surface area contributed by atoms with Crippen LogP contribution in [0.2, 0.25) is 0 Å². The first kappa shape index (κ1) is 17.8. The fraction of sp³-hybridized carbons (Fsp3) is 0.278. The van der Waals surface area contributed by atoms with Gasteiger partial charge in [0.05, 0.1) is 12.0 Å². The van der Waals surface area contributed by atoms with Gasteiger partial charge in [0.15, 0.2) is 0 Å². The average molecular weight is 336 g/mol. The second-order valence-electron chi connectivity index (χ2n) is 5.78. The van der Waals surface area contributed by atoms with Gasteiger partial charge in [-0.2, -0.15) is 13.2 Å². The average Bonchev–Trinajstić information content (AvgIpc) is 2.48. The molecule has 0 bridgehead atoms. The zero-order valence-corrected chi connectivity index (χ0v) is 13.5. The number of hydrogen-bond donors (Lipinski definition) is 2. The highest BCUT2D eigenvalue weighted by Gasteiger charge is 2.29. The van der Waals surface area contributed by atoms with Gasteiger partial charge in [0.2, 0.25) is 5.91 Å². The van der Waals surface area contributed by atoms with Gasteiger partial charge in [-0.3, -0.25) is 4.79 Å². The summed E-state index contributed by atoms with van der Waals surface area (Å²) in [5, 5.41) is 3.18. The zero-order valence-electron chi connectivity index (χ0n) is 13.5. The Balaban J connectivity index is 2.08. The summed E-state index contributed by atoms with van der Waals surface area (Å²) >= 11 is 0. The molecule has 0 aliphatic heterocycles. The molecule has 0 aliphatic rings. The molecular formula is C18H19F3N2O. The van der Waals surface area contributed by atoms with Crippen LogP contribution in [0.15, 0.2) is 36.4 Å². The Morgan fingerprint density at radius 2 is 1.62 bits per heavy atom. The molecule has 2 rings (SSSR count). The van der Waals surface area contributed by atoms with Crippen LogP contribution < -0.4 is 11.1 Å². The van der Waals surface area contributed by atoms with Gasteiger partial charge in [0.25, 0.3) is 0 Å². The fourth-order valence-electron chi connectivity index (χ4n) is 2.56. The molecule has 2 aromatic rings. The number of carbonyl (C=O) groups is 1. The van der Waals surface area contributed by atoms with E-state index >= 15 is 0 Å². The molecule has 1 amide bonds. The highest BCUT2D eigenvalue weighted by atomic mass is 19.4. The molecule has 0 heterocycles. The van der Waals surface area contributed by atoms with E-state index in [9.17, 15) is 18.0 Å². The lowest BCUT2D eigenvalue weighted by molar-refractivity contribution is -0.137. The lowest BCUT2D eigenvalue weighted by atomic mass is 9.98. The van der Waals surface area contributed by atoms with E-state index in [2.05, 4.69) is 5.32 Å². The van der Waals surface area contributed by atoms with Crippen LogP contribution in [0, 0.1) is 13.8 Å². The molecule has 0 radical (unpaired) electrons. The number of primary amides is 1. The molecule has 3 nitrogen and oxygen atoms in total. The van der Waals surface area contributed by atoms with Gasteiger partial charge in [-0.05, 0) is 60.4 Å². The van der Waals surface area contributed by atoms with Crippen LogP contribution in [0.25, 0.3) is 0 Å². The summed E-state index contributed by atoms with van der Waals surface area (Å²) in [5.74, 6) is -0.383. The molecule has 0 fully saturated rings. The molecule has 0 unspecified atom stereocenters.